The highest BCUT2D eigenvalue weighted by Gasteiger charge is 2.32. The minimum Gasteiger partial charge on any atom is -0.344 e. The second-order valence-corrected chi connectivity index (χ2v) is 12.3. The highest BCUT2D eigenvalue weighted by molar-refractivity contribution is 5.88. The van der Waals surface area contributed by atoms with Crippen LogP contribution in [0.3, 0.4) is 0 Å². The van der Waals surface area contributed by atoms with Crippen molar-refractivity contribution in [3.8, 4) is 23.6 Å². The van der Waals surface area contributed by atoms with Gasteiger partial charge < -0.3 is 4.98 Å². The molecule has 2 atom stereocenters. The van der Waals surface area contributed by atoms with Crippen LogP contribution in [0.25, 0.3) is 33.3 Å². The summed E-state index contributed by atoms with van der Waals surface area (Å²) in [5.74, 6) is 3.59. The normalized spacial score (nSPS) is 18.8. The first-order valence-electron chi connectivity index (χ1n) is 16.0. The van der Waals surface area contributed by atoms with Crippen molar-refractivity contribution in [3.63, 3.8) is 0 Å². The number of aromatic amines is 1. The predicted molar refractivity (Wildman–Crippen MR) is 182 cm³/mol. The summed E-state index contributed by atoms with van der Waals surface area (Å²) in [6, 6.07) is 8.79. The van der Waals surface area contributed by atoms with E-state index in [-0.39, 0.29) is 0 Å². The number of hydrogen-bond acceptors (Lipinski definition) is 2. The average molecular weight is 560 g/mol. The van der Waals surface area contributed by atoms with Gasteiger partial charge in [-0.1, -0.05) is 82.6 Å². The van der Waals surface area contributed by atoms with Crippen LogP contribution in [0.1, 0.15) is 110 Å². The van der Waals surface area contributed by atoms with E-state index >= 15 is 0 Å². The van der Waals surface area contributed by atoms with E-state index in [0.717, 1.165) is 65.0 Å². The number of terminal acetylenes is 1. The second-order valence-electron chi connectivity index (χ2n) is 12.3. The van der Waals surface area contributed by atoms with Crippen molar-refractivity contribution in [1.29, 1.82) is 0 Å². The third-order valence-corrected chi connectivity index (χ3v) is 9.02. The minimum absolute atomic E-state index is 0.382. The van der Waals surface area contributed by atoms with Crippen molar-refractivity contribution in [2.75, 3.05) is 0 Å². The van der Waals surface area contributed by atoms with E-state index in [2.05, 4.69) is 111 Å². The Labute approximate surface area is 254 Å². The Bertz CT molecular complexity index is 1510. The number of nitrogens with zero attached hydrogens (tertiary/aromatic N) is 2. The molecule has 4 rings (SSSR count). The minimum atomic E-state index is 0.382. The van der Waals surface area contributed by atoms with Crippen LogP contribution < -0.4 is 0 Å². The van der Waals surface area contributed by atoms with Crippen molar-refractivity contribution in [1.82, 2.24) is 15.0 Å². The molecule has 0 saturated heterocycles. The zero-order chi connectivity index (χ0) is 30.0. The van der Waals surface area contributed by atoms with Gasteiger partial charge in [-0.05, 0) is 98.1 Å². The van der Waals surface area contributed by atoms with E-state index in [0.29, 0.717) is 11.8 Å². The van der Waals surface area contributed by atoms with Crippen molar-refractivity contribution in [2.24, 2.45) is 11.3 Å². The van der Waals surface area contributed by atoms with E-state index in [9.17, 15) is 0 Å². The van der Waals surface area contributed by atoms with E-state index in [1.807, 2.05) is 0 Å². The van der Waals surface area contributed by atoms with E-state index in [4.69, 9.17) is 11.4 Å². The molecule has 3 aromatic rings. The van der Waals surface area contributed by atoms with Crippen LogP contribution in [0.2, 0.25) is 0 Å². The zero-order valence-corrected chi connectivity index (χ0v) is 26.5. The first kappa shape index (κ1) is 31.3. The van der Waals surface area contributed by atoms with Gasteiger partial charge in [0, 0.05) is 23.6 Å². The number of pyridine rings is 1. The van der Waals surface area contributed by atoms with E-state index < -0.39 is 0 Å². The highest BCUT2D eigenvalue weighted by atomic mass is 14.9. The molecule has 1 aliphatic carbocycles. The van der Waals surface area contributed by atoms with Crippen molar-refractivity contribution < 1.29 is 0 Å². The summed E-state index contributed by atoms with van der Waals surface area (Å²) >= 11 is 0. The summed E-state index contributed by atoms with van der Waals surface area (Å²) in [5.41, 5.74) is 9.67. The summed E-state index contributed by atoms with van der Waals surface area (Å²) in [5, 5.41) is 1.15. The summed E-state index contributed by atoms with van der Waals surface area (Å²) in [6.45, 7) is 11.4. The van der Waals surface area contributed by atoms with Gasteiger partial charge in [-0.2, -0.15) is 0 Å². The molecular weight excluding hydrogens is 510 g/mol. The number of hydrogen-bond donors (Lipinski definition) is 1. The van der Waals surface area contributed by atoms with Gasteiger partial charge in [0.05, 0.1) is 23.2 Å². The highest BCUT2D eigenvalue weighted by Crippen LogP contribution is 2.47. The van der Waals surface area contributed by atoms with Gasteiger partial charge in [-0.25, -0.2) is 4.98 Å². The molecule has 0 radical (unpaired) electrons. The van der Waals surface area contributed by atoms with Gasteiger partial charge in [0.15, 0.2) is 0 Å². The maximum atomic E-state index is 5.71. The molecule has 2 unspecified atom stereocenters. The van der Waals surface area contributed by atoms with Crippen LogP contribution in [-0.2, 0) is 0 Å². The Morgan fingerprint density at radius 2 is 1.98 bits per heavy atom. The van der Waals surface area contributed by atoms with Crippen LogP contribution in [-0.4, -0.2) is 15.0 Å². The average Bonchev–Trinajstić information content (AvgIpc) is 3.49. The molecule has 3 heteroatoms. The number of benzene rings is 1. The van der Waals surface area contributed by atoms with Crippen LogP contribution in [0.4, 0.5) is 0 Å². The van der Waals surface area contributed by atoms with Gasteiger partial charge in [0.1, 0.15) is 0 Å². The molecule has 3 nitrogen and oxygen atoms in total. The monoisotopic (exact) mass is 559 g/mol. The van der Waals surface area contributed by atoms with Crippen molar-refractivity contribution in [2.45, 2.75) is 98.8 Å². The van der Waals surface area contributed by atoms with Gasteiger partial charge in [-0.15, -0.1) is 12.3 Å². The quantitative estimate of drug-likeness (QED) is 0.129. The molecule has 42 heavy (non-hydrogen) atoms. The van der Waals surface area contributed by atoms with Crippen LogP contribution in [0.15, 0.2) is 72.7 Å². The largest absolute Gasteiger partial charge is 0.344 e. The Morgan fingerprint density at radius 3 is 2.69 bits per heavy atom. The number of imidazole rings is 1. The van der Waals surface area contributed by atoms with Gasteiger partial charge in [0.2, 0.25) is 0 Å². The summed E-state index contributed by atoms with van der Waals surface area (Å²) in [4.78, 5) is 12.9. The molecule has 0 fully saturated rings. The number of nitrogens with one attached hydrogen (secondary N) is 1. The van der Waals surface area contributed by atoms with Crippen molar-refractivity contribution >= 4 is 22.0 Å². The Balaban J connectivity index is 1.62. The number of allylic oxidation sites excluding steroid dienone is 8. The molecule has 0 bridgehead atoms. The standard InChI is InChI=1S/C39H49N3/c1-7-11-12-15-32(14-9-3)37-38(42-28-41-37)33-16-17-36-34(24-33)25-35(27-40-36)31-19-22-39(23-20-31,21-18-29(5)10-4)26-30(6)13-8-2/h3,11-13,15-17,19,24-25,27-29H,7-8,10,14,18,20-23,26H2,1-2,4-6H3,(H,41,42)/b12-11-,30-13+,32-15+. The lowest BCUT2D eigenvalue weighted by atomic mass is 9.67. The summed E-state index contributed by atoms with van der Waals surface area (Å²) in [7, 11) is 0. The number of H-pyrrole nitrogens is 1. The fraction of sp³-hybridized carbons (Fsp3) is 0.436. The lowest BCUT2D eigenvalue weighted by Crippen LogP contribution is -2.24. The zero-order valence-electron chi connectivity index (χ0n) is 26.5. The van der Waals surface area contributed by atoms with Crippen LogP contribution in [0.5, 0.6) is 0 Å². The molecule has 0 spiro atoms. The fourth-order valence-electron chi connectivity index (χ4n) is 6.32. The Morgan fingerprint density at radius 1 is 1.14 bits per heavy atom. The molecule has 1 aliphatic rings. The maximum Gasteiger partial charge on any atom is 0.0932 e. The first-order valence-corrected chi connectivity index (χ1v) is 16.0. The molecule has 0 amide bonds. The first-order chi connectivity index (χ1) is 20.4. The molecule has 2 heterocycles. The van der Waals surface area contributed by atoms with Crippen LogP contribution in [0, 0.1) is 23.7 Å². The third kappa shape index (κ3) is 7.80. The molecule has 1 aromatic carbocycles. The fourth-order valence-corrected chi connectivity index (χ4v) is 6.32. The summed E-state index contributed by atoms with van der Waals surface area (Å²) < 4.78 is 0. The lowest BCUT2D eigenvalue weighted by molar-refractivity contribution is 0.214. The summed E-state index contributed by atoms with van der Waals surface area (Å²) in [6.07, 6.45) is 32.1. The number of rotatable bonds is 13. The van der Waals surface area contributed by atoms with Gasteiger partial charge >= 0.3 is 0 Å². The third-order valence-electron chi connectivity index (χ3n) is 9.02. The SMILES string of the molecule is C#CC/C(=C\C=C/CC)c1nc[nH]c1-c1ccc2ncc(C3=CCC(CCC(C)CC)(C/C(C)=C/CC)CC3)cc2c1. The molecule has 0 saturated carbocycles. The smallest absolute Gasteiger partial charge is 0.0932 e. The van der Waals surface area contributed by atoms with E-state index in [1.165, 1.54) is 43.2 Å². The Hall–Kier alpha value is -3.64. The second kappa shape index (κ2) is 15.0. The van der Waals surface area contributed by atoms with Crippen molar-refractivity contribution in [3.05, 3.63) is 84.0 Å². The van der Waals surface area contributed by atoms with Gasteiger partial charge in [-0.3, -0.25) is 4.98 Å². The Kier molecular flexibility index (Phi) is 11.2. The number of fused-ring (bicyclic) bond motifs is 1. The molecule has 0 aliphatic heterocycles. The predicted octanol–water partition coefficient (Wildman–Crippen LogP) is 11.1. The molecule has 220 valence electrons. The molecular formula is C39H49N3. The van der Waals surface area contributed by atoms with E-state index in [1.54, 1.807) is 11.9 Å². The topological polar surface area (TPSA) is 41.6 Å². The number of aromatic nitrogens is 3. The molecule has 2 aromatic heterocycles. The lowest BCUT2D eigenvalue weighted by Gasteiger charge is -2.38. The molecule has 1 N–H and O–H groups in total. The maximum absolute atomic E-state index is 5.71. The van der Waals surface area contributed by atoms with Gasteiger partial charge in [0.25, 0.3) is 0 Å². The van der Waals surface area contributed by atoms with Crippen LogP contribution >= 0.6 is 0 Å².